The average Bonchev–Trinajstić information content (AvgIpc) is 2.93. The fourth-order valence-electron chi connectivity index (χ4n) is 4.19. The Morgan fingerprint density at radius 1 is 1.00 bits per heavy atom. The van der Waals surface area contributed by atoms with E-state index >= 15 is 0 Å². The van der Waals surface area contributed by atoms with E-state index in [4.69, 9.17) is 14.2 Å². The van der Waals surface area contributed by atoms with Gasteiger partial charge in [0.1, 0.15) is 16.8 Å². The molecule has 1 amide bonds. The smallest absolute Gasteiger partial charge is 0.444 e. The number of likely N-dealkylation sites (tertiary alicyclic amines) is 2. The molecule has 2 unspecified atom stereocenters. The van der Waals surface area contributed by atoms with Gasteiger partial charge in [0.2, 0.25) is 0 Å². The van der Waals surface area contributed by atoms with Crippen LogP contribution in [0.3, 0.4) is 0 Å². The fraction of sp³-hybridized carbons (Fsp3) is 0.667. The zero-order valence-electron chi connectivity index (χ0n) is 19.6. The normalized spacial score (nSPS) is 24.5. The molecule has 0 saturated carbocycles. The molecule has 31 heavy (non-hydrogen) atoms. The van der Waals surface area contributed by atoms with Crippen LogP contribution in [-0.2, 0) is 20.8 Å². The molecule has 1 aromatic carbocycles. The minimum absolute atomic E-state index is 0.226. The van der Waals surface area contributed by atoms with Crippen molar-refractivity contribution in [3.05, 3.63) is 35.9 Å². The van der Waals surface area contributed by atoms with Crippen molar-refractivity contribution in [3.63, 3.8) is 0 Å². The number of nitrogens with zero attached hydrogens (tertiary/aromatic N) is 2. The molecular weight excluding hydrogens is 396 g/mol. The molecule has 2 fully saturated rings. The van der Waals surface area contributed by atoms with Crippen LogP contribution >= 0.6 is 0 Å². The Balaban J connectivity index is 1.77. The monoisotopic (exact) mass is 432 g/mol. The van der Waals surface area contributed by atoms with E-state index in [9.17, 15) is 9.59 Å². The molecule has 0 spiro atoms. The molecule has 2 aliphatic heterocycles. The predicted octanol–water partition coefficient (Wildman–Crippen LogP) is 4.59. The van der Waals surface area contributed by atoms with Gasteiger partial charge < -0.3 is 19.1 Å². The molecular formula is C24H36N2O5. The van der Waals surface area contributed by atoms with Gasteiger partial charge in [0, 0.05) is 32.6 Å². The number of carbonyl (C=O) groups excluding carboxylic acids is 2. The van der Waals surface area contributed by atoms with Gasteiger partial charge >= 0.3 is 12.2 Å². The minimum atomic E-state index is -0.813. The van der Waals surface area contributed by atoms with Gasteiger partial charge in [-0.05, 0) is 53.5 Å². The summed E-state index contributed by atoms with van der Waals surface area (Å²) in [5.41, 5.74) is -0.837. The second-order valence-corrected chi connectivity index (χ2v) is 10.6. The molecule has 7 nitrogen and oxygen atoms in total. The maximum atomic E-state index is 12.8. The van der Waals surface area contributed by atoms with E-state index in [0.29, 0.717) is 19.5 Å². The van der Waals surface area contributed by atoms with Gasteiger partial charge in [0.25, 0.3) is 0 Å². The van der Waals surface area contributed by atoms with Gasteiger partial charge in [-0.3, -0.25) is 4.90 Å². The number of benzene rings is 1. The number of ether oxygens (including phenoxy) is 3. The van der Waals surface area contributed by atoms with Crippen LogP contribution in [0.15, 0.2) is 30.3 Å². The van der Waals surface area contributed by atoms with E-state index < -0.39 is 23.0 Å². The van der Waals surface area contributed by atoms with Crippen LogP contribution in [0.25, 0.3) is 0 Å². The highest BCUT2D eigenvalue weighted by atomic mass is 16.7. The number of carbonyl (C=O) groups is 2. The van der Waals surface area contributed by atoms with Crippen LogP contribution in [0.5, 0.6) is 0 Å². The van der Waals surface area contributed by atoms with Crippen LogP contribution in [0.1, 0.15) is 59.9 Å². The van der Waals surface area contributed by atoms with E-state index in [0.717, 1.165) is 19.5 Å². The van der Waals surface area contributed by atoms with Gasteiger partial charge in [-0.25, -0.2) is 9.59 Å². The first-order valence-corrected chi connectivity index (χ1v) is 11.0. The Morgan fingerprint density at radius 3 is 2.19 bits per heavy atom. The number of amides is 1. The molecule has 1 aromatic rings. The third kappa shape index (κ3) is 6.12. The summed E-state index contributed by atoms with van der Waals surface area (Å²) in [6, 6.07) is 9.99. The molecule has 0 radical (unpaired) electrons. The fourth-order valence-corrected chi connectivity index (χ4v) is 4.19. The number of rotatable bonds is 4. The highest BCUT2D eigenvalue weighted by molar-refractivity contribution is 5.70. The topological polar surface area (TPSA) is 68.3 Å². The second kappa shape index (κ2) is 8.69. The summed E-state index contributed by atoms with van der Waals surface area (Å²) in [5.74, 6) is 0. The van der Waals surface area contributed by atoms with E-state index in [-0.39, 0.29) is 12.1 Å². The maximum Gasteiger partial charge on any atom is 0.509 e. The van der Waals surface area contributed by atoms with E-state index in [1.807, 2.05) is 59.7 Å². The van der Waals surface area contributed by atoms with E-state index in [1.54, 1.807) is 4.90 Å². The van der Waals surface area contributed by atoms with Gasteiger partial charge in [-0.15, -0.1) is 0 Å². The SMILES string of the molecule is CC(C)(C)OC(=O)OC1(C2CCN2C(=O)OC(C)(C)C)CCN(Cc2ccccc2)C1. The van der Waals surface area contributed by atoms with Crippen molar-refractivity contribution in [1.82, 2.24) is 9.80 Å². The second-order valence-electron chi connectivity index (χ2n) is 10.6. The van der Waals surface area contributed by atoms with E-state index in [2.05, 4.69) is 17.0 Å². The van der Waals surface area contributed by atoms with Crippen molar-refractivity contribution in [2.75, 3.05) is 19.6 Å². The molecule has 2 aliphatic rings. The van der Waals surface area contributed by atoms with Crippen LogP contribution in [0, 0.1) is 0 Å². The molecule has 0 N–H and O–H groups in total. The summed E-state index contributed by atoms with van der Waals surface area (Å²) < 4.78 is 17.1. The summed E-state index contributed by atoms with van der Waals surface area (Å²) in [7, 11) is 0. The Bertz CT molecular complexity index is 783. The Labute approximate surface area is 185 Å². The summed E-state index contributed by atoms with van der Waals surface area (Å²) >= 11 is 0. The van der Waals surface area contributed by atoms with Crippen LogP contribution in [-0.4, -0.2) is 64.5 Å². The molecule has 2 saturated heterocycles. The highest BCUT2D eigenvalue weighted by Crippen LogP contribution is 2.40. The zero-order chi connectivity index (χ0) is 22.9. The van der Waals surface area contributed by atoms with Crippen molar-refractivity contribution in [2.24, 2.45) is 0 Å². The Morgan fingerprint density at radius 2 is 1.65 bits per heavy atom. The first-order chi connectivity index (χ1) is 14.4. The summed E-state index contributed by atoms with van der Waals surface area (Å²) in [6.07, 6.45) is 0.354. The van der Waals surface area contributed by atoms with Gasteiger partial charge in [-0.1, -0.05) is 30.3 Å². The van der Waals surface area contributed by atoms with Crippen molar-refractivity contribution in [1.29, 1.82) is 0 Å². The predicted molar refractivity (Wildman–Crippen MR) is 118 cm³/mol. The Hall–Kier alpha value is -2.28. The van der Waals surface area contributed by atoms with Crippen LogP contribution in [0.4, 0.5) is 9.59 Å². The first kappa shape index (κ1) is 23.4. The van der Waals surface area contributed by atoms with Gasteiger partial charge in [0.15, 0.2) is 0 Å². The molecule has 172 valence electrons. The largest absolute Gasteiger partial charge is 0.509 e. The van der Waals surface area contributed by atoms with Crippen molar-refractivity contribution in [2.45, 2.75) is 83.8 Å². The molecule has 2 atom stereocenters. The lowest BCUT2D eigenvalue weighted by molar-refractivity contribution is -0.120. The molecule has 7 heteroatoms. The quantitative estimate of drug-likeness (QED) is 0.648. The lowest BCUT2D eigenvalue weighted by Gasteiger charge is -2.49. The molecule has 0 aliphatic carbocycles. The highest BCUT2D eigenvalue weighted by Gasteiger charge is 2.55. The number of hydrogen-bond acceptors (Lipinski definition) is 6. The zero-order valence-corrected chi connectivity index (χ0v) is 19.6. The van der Waals surface area contributed by atoms with Crippen molar-refractivity contribution in [3.8, 4) is 0 Å². The number of hydrogen-bond donors (Lipinski definition) is 0. The first-order valence-electron chi connectivity index (χ1n) is 11.0. The molecule has 2 heterocycles. The Kier molecular flexibility index (Phi) is 6.56. The lowest BCUT2D eigenvalue weighted by Crippen LogP contribution is -2.65. The van der Waals surface area contributed by atoms with Crippen LogP contribution < -0.4 is 0 Å². The van der Waals surface area contributed by atoms with Crippen molar-refractivity contribution >= 4 is 12.2 Å². The van der Waals surface area contributed by atoms with Gasteiger partial charge in [-0.2, -0.15) is 0 Å². The van der Waals surface area contributed by atoms with Crippen LogP contribution in [0.2, 0.25) is 0 Å². The summed E-state index contributed by atoms with van der Waals surface area (Å²) in [5, 5.41) is 0. The summed E-state index contributed by atoms with van der Waals surface area (Å²) in [6.45, 7) is 13.7. The third-order valence-electron chi connectivity index (χ3n) is 5.52. The van der Waals surface area contributed by atoms with Crippen molar-refractivity contribution < 1.29 is 23.8 Å². The molecule has 0 bridgehead atoms. The van der Waals surface area contributed by atoms with Gasteiger partial charge in [0.05, 0.1) is 6.04 Å². The minimum Gasteiger partial charge on any atom is -0.444 e. The summed E-state index contributed by atoms with van der Waals surface area (Å²) in [4.78, 5) is 29.4. The maximum absolute atomic E-state index is 12.8. The lowest BCUT2D eigenvalue weighted by atomic mass is 9.84. The molecule has 3 rings (SSSR count). The van der Waals surface area contributed by atoms with E-state index in [1.165, 1.54) is 5.56 Å². The average molecular weight is 433 g/mol. The third-order valence-corrected chi connectivity index (χ3v) is 5.52. The molecule has 0 aromatic heterocycles. The standard InChI is InChI=1S/C24H36N2O5/c1-22(2,3)29-20(27)26-14-12-19(26)24(31-21(28)30-23(4,5)6)13-15-25(17-24)16-18-10-8-7-9-11-18/h7-11,19H,12-17H2,1-6H3.